The summed E-state index contributed by atoms with van der Waals surface area (Å²) in [5.41, 5.74) is 2.82. The molecule has 2 aromatic rings. The van der Waals surface area contributed by atoms with Gasteiger partial charge in [0.2, 0.25) is 5.91 Å². The van der Waals surface area contributed by atoms with E-state index >= 15 is 0 Å². The van der Waals surface area contributed by atoms with E-state index in [0.717, 1.165) is 41.5 Å². The molecular weight excluding hydrogens is 292 g/mol. The van der Waals surface area contributed by atoms with Gasteiger partial charge in [-0.3, -0.25) is 14.2 Å². The van der Waals surface area contributed by atoms with Gasteiger partial charge in [0, 0.05) is 41.4 Å². The molecule has 1 aromatic carbocycles. The third kappa shape index (κ3) is 1.49. The average molecular weight is 310 g/mol. The quantitative estimate of drug-likeness (QED) is 0.812. The summed E-state index contributed by atoms with van der Waals surface area (Å²) in [5.74, 6) is 0.367. The number of fused-ring (bicyclic) bond motifs is 5. The van der Waals surface area contributed by atoms with Crippen LogP contribution in [0.5, 0.6) is 0 Å². The molecule has 3 aliphatic heterocycles. The lowest BCUT2D eigenvalue weighted by atomic mass is 9.66. The van der Waals surface area contributed by atoms with Crippen molar-refractivity contribution >= 4 is 22.6 Å². The van der Waals surface area contributed by atoms with E-state index in [1.54, 1.807) is 7.11 Å². The Balaban J connectivity index is 1.96. The molecule has 1 aromatic heterocycles. The van der Waals surface area contributed by atoms with Crippen LogP contribution in [0.25, 0.3) is 10.9 Å². The molecule has 4 heterocycles. The van der Waals surface area contributed by atoms with Gasteiger partial charge in [-0.1, -0.05) is 18.2 Å². The smallest absolute Gasteiger partial charge is 0.231 e. The number of benzene rings is 1. The molecule has 1 spiro atoms. The van der Waals surface area contributed by atoms with Crippen molar-refractivity contribution in [2.24, 2.45) is 0 Å². The molecule has 4 aliphatic rings. The molecule has 0 unspecified atom stereocenters. The second kappa shape index (κ2) is 4.30. The van der Waals surface area contributed by atoms with E-state index in [9.17, 15) is 9.59 Å². The Labute approximate surface area is 133 Å². The third-order valence-electron chi connectivity index (χ3n) is 5.91. The summed E-state index contributed by atoms with van der Waals surface area (Å²) >= 11 is 0. The molecule has 1 aliphatic carbocycles. The van der Waals surface area contributed by atoms with Crippen LogP contribution in [0.4, 0.5) is 0 Å². The SMILES string of the molecule is CON1CC[C@]23CCC(=O)n4c2c(c2ccccc24)[C@H]1C(=O)C3. The minimum atomic E-state index is -0.386. The van der Waals surface area contributed by atoms with Crippen LogP contribution in [0.15, 0.2) is 24.3 Å². The van der Waals surface area contributed by atoms with Crippen LogP contribution in [0.1, 0.15) is 47.8 Å². The first-order valence-electron chi connectivity index (χ1n) is 8.17. The monoisotopic (exact) mass is 310 g/mol. The zero-order valence-corrected chi connectivity index (χ0v) is 13.0. The summed E-state index contributed by atoms with van der Waals surface area (Å²) in [5, 5.41) is 2.83. The van der Waals surface area contributed by atoms with Gasteiger partial charge in [-0.05, 0) is 18.9 Å². The maximum Gasteiger partial charge on any atom is 0.231 e. The van der Waals surface area contributed by atoms with Crippen molar-refractivity contribution in [3.63, 3.8) is 0 Å². The lowest BCUT2D eigenvalue weighted by Crippen LogP contribution is -2.42. The van der Waals surface area contributed by atoms with E-state index in [2.05, 4.69) is 0 Å². The van der Waals surface area contributed by atoms with Gasteiger partial charge in [0.25, 0.3) is 0 Å². The molecule has 23 heavy (non-hydrogen) atoms. The Morgan fingerprint density at radius 3 is 2.87 bits per heavy atom. The number of carbonyl (C=O) groups is 2. The topological polar surface area (TPSA) is 51.5 Å². The predicted molar refractivity (Wildman–Crippen MR) is 84.2 cm³/mol. The molecule has 2 atom stereocenters. The van der Waals surface area contributed by atoms with Gasteiger partial charge in [0.15, 0.2) is 5.78 Å². The Morgan fingerprint density at radius 2 is 2.04 bits per heavy atom. The van der Waals surface area contributed by atoms with Gasteiger partial charge >= 0.3 is 0 Å². The van der Waals surface area contributed by atoms with E-state index in [1.165, 1.54) is 0 Å². The number of hydrogen-bond donors (Lipinski definition) is 0. The summed E-state index contributed by atoms with van der Waals surface area (Å²) in [4.78, 5) is 31.1. The zero-order chi connectivity index (χ0) is 15.8. The Bertz CT molecular complexity index is 869. The Hall–Kier alpha value is -1.98. The molecule has 0 N–H and O–H groups in total. The number of carbonyl (C=O) groups excluding carboxylic acids is 2. The lowest BCUT2D eigenvalue weighted by Gasteiger charge is -2.40. The van der Waals surface area contributed by atoms with E-state index in [4.69, 9.17) is 4.84 Å². The fourth-order valence-corrected chi connectivity index (χ4v) is 4.95. The van der Waals surface area contributed by atoms with Gasteiger partial charge in [-0.2, -0.15) is 5.06 Å². The summed E-state index contributed by atoms with van der Waals surface area (Å²) in [6, 6.07) is 7.56. The van der Waals surface area contributed by atoms with E-state index in [-0.39, 0.29) is 23.1 Å². The van der Waals surface area contributed by atoms with E-state index in [1.807, 2.05) is 33.9 Å². The van der Waals surface area contributed by atoms with Crippen molar-refractivity contribution in [1.82, 2.24) is 9.63 Å². The normalized spacial score (nSPS) is 29.9. The van der Waals surface area contributed by atoms with Crippen LogP contribution in [-0.4, -0.2) is 35.0 Å². The molecule has 6 rings (SSSR count). The first kappa shape index (κ1) is 13.5. The fraction of sp³-hybridized carbons (Fsp3) is 0.444. The van der Waals surface area contributed by atoms with Gasteiger partial charge in [0.05, 0.1) is 12.6 Å². The Kier molecular flexibility index (Phi) is 2.52. The number of para-hydroxylation sites is 1. The summed E-state index contributed by atoms with van der Waals surface area (Å²) in [7, 11) is 1.63. The van der Waals surface area contributed by atoms with Gasteiger partial charge in [-0.15, -0.1) is 0 Å². The molecule has 0 amide bonds. The zero-order valence-electron chi connectivity index (χ0n) is 13.0. The first-order valence-corrected chi connectivity index (χ1v) is 8.17. The minimum absolute atomic E-state index is 0.150. The lowest BCUT2D eigenvalue weighted by molar-refractivity contribution is -0.169. The van der Waals surface area contributed by atoms with Crippen LogP contribution in [-0.2, 0) is 15.0 Å². The van der Waals surface area contributed by atoms with Crippen molar-refractivity contribution in [3.8, 4) is 0 Å². The molecule has 1 saturated heterocycles. The van der Waals surface area contributed by atoms with Gasteiger partial charge in [0.1, 0.15) is 6.04 Å². The van der Waals surface area contributed by atoms with Crippen LogP contribution >= 0.6 is 0 Å². The largest absolute Gasteiger partial charge is 0.301 e. The van der Waals surface area contributed by atoms with E-state index < -0.39 is 0 Å². The number of Topliss-reactive ketones (excluding diaryl/α,β-unsaturated/α-hetero) is 1. The van der Waals surface area contributed by atoms with Crippen molar-refractivity contribution < 1.29 is 14.4 Å². The van der Waals surface area contributed by atoms with Crippen molar-refractivity contribution in [3.05, 3.63) is 35.5 Å². The van der Waals surface area contributed by atoms with Crippen LogP contribution in [0.2, 0.25) is 0 Å². The molecule has 2 bridgehead atoms. The van der Waals surface area contributed by atoms with Crippen LogP contribution in [0.3, 0.4) is 0 Å². The summed E-state index contributed by atoms with van der Waals surface area (Å²) in [6.07, 6.45) is 2.66. The molecule has 5 nitrogen and oxygen atoms in total. The summed E-state index contributed by atoms with van der Waals surface area (Å²) in [6.45, 7) is 0.726. The number of nitrogens with zero attached hydrogens (tertiary/aromatic N) is 2. The standard InChI is InChI=1S/C18H18N2O3/c1-23-19-9-8-18-7-6-14(22)20-12-5-3-2-4-11(12)15(17(18)20)16(19)13(21)10-18/h2-5,16H,6-10H2,1H3/t16-,18+/m1/s1. The van der Waals surface area contributed by atoms with Gasteiger partial charge in [-0.25, -0.2) is 0 Å². The number of hydrogen-bond acceptors (Lipinski definition) is 4. The van der Waals surface area contributed by atoms with Crippen molar-refractivity contribution in [1.29, 1.82) is 0 Å². The maximum atomic E-state index is 12.9. The third-order valence-corrected chi connectivity index (χ3v) is 5.91. The van der Waals surface area contributed by atoms with Crippen LogP contribution < -0.4 is 0 Å². The highest BCUT2D eigenvalue weighted by atomic mass is 16.7. The average Bonchev–Trinajstić information content (AvgIpc) is 2.76. The predicted octanol–water partition coefficient (Wildman–Crippen LogP) is 2.59. The van der Waals surface area contributed by atoms with E-state index in [0.29, 0.717) is 12.8 Å². The van der Waals surface area contributed by atoms with Gasteiger partial charge < -0.3 is 4.84 Å². The number of rotatable bonds is 1. The molecule has 5 heteroatoms. The summed E-state index contributed by atoms with van der Waals surface area (Å²) < 4.78 is 1.90. The highest BCUT2D eigenvalue weighted by molar-refractivity contribution is 6.03. The first-order chi connectivity index (χ1) is 11.2. The van der Waals surface area contributed by atoms with Crippen LogP contribution in [0, 0.1) is 0 Å². The second-order valence-corrected chi connectivity index (χ2v) is 6.91. The molecule has 0 radical (unpaired) electrons. The minimum Gasteiger partial charge on any atom is -0.301 e. The number of aromatic nitrogens is 1. The number of ketones is 1. The molecule has 118 valence electrons. The Morgan fingerprint density at radius 1 is 1.22 bits per heavy atom. The molecule has 1 fully saturated rings. The highest BCUT2D eigenvalue weighted by Gasteiger charge is 2.54. The van der Waals surface area contributed by atoms with Crippen molar-refractivity contribution in [2.45, 2.75) is 37.1 Å². The second-order valence-electron chi connectivity index (χ2n) is 6.91. The fourth-order valence-electron chi connectivity index (χ4n) is 4.95. The number of hydroxylamine groups is 2. The van der Waals surface area contributed by atoms with Crippen molar-refractivity contribution in [2.75, 3.05) is 13.7 Å². The molecular formula is C18H18N2O3. The highest BCUT2D eigenvalue weighted by Crippen LogP contribution is 2.54. The molecule has 0 saturated carbocycles. The maximum absolute atomic E-state index is 12.9.